The molecule has 4 rings (SSSR count). The number of hydrogen-bond acceptors (Lipinski definition) is 3. The Morgan fingerprint density at radius 3 is 2.57 bits per heavy atom. The molecule has 0 bridgehead atoms. The minimum Gasteiger partial charge on any atom is -0.373 e. The second-order valence-electron chi connectivity index (χ2n) is 8.42. The molecule has 1 saturated carbocycles. The number of urea groups is 1. The minimum absolute atomic E-state index is 0.000669. The number of halogens is 2. The van der Waals surface area contributed by atoms with E-state index < -0.39 is 11.6 Å². The van der Waals surface area contributed by atoms with E-state index >= 15 is 0 Å². The smallest absolute Gasteiger partial charge is 0.317 e. The van der Waals surface area contributed by atoms with Gasteiger partial charge in [0, 0.05) is 32.7 Å². The van der Waals surface area contributed by atoms with Crippen LogP contribution >= 0.6 is 0 Å². The fraction of sp³-hybridized carbons (Fsp3) is 0.667. The first kappa shape index (κ1) is 19.6. The Morgan fingerprint density at radius 2 is 1.86 bits per heavy atom. The molecule has 2 aliphatic heterocycles. The molecule has 1 spiro atoms. The van der Waals surface area contributed by atoms with E-state index in [9.17, 15) is 13.6 Å². The van der Waals surface area contributed by atoms with Gasteiger partial charge in [0.15, 0.2) is 11.6 Å². The van der Waals surface area contributed by atoms with Crippen molar-refractivity contribution in [2.75, 3.05) is 32.8 Å². The van der Waals surface area contributed by atoms with Crippen molar-refractivity contribution in [3.63, 3.8) is 0 Å². The summed E-state index contributed by atoms with van der Waals surface area (Å²) in [6.07, 6.45) is 6.89. The molecule has 2 amide bonds. The summed E-state index contributed by atoms with van der Waals surface area (Å²) in [7, 11) is 0. The number of carbonyl (C=O) groups excluding carboxylic acids is 1. The molecule has 1 atom stereocenters. The van der Waals surface area contributed by atoms with Gasteiger partial charge in [0.05, 0.1) is 18.2 Å². The lowest BCUT2D eigenvalue weighted by atomic mass is 9.82. The van der Waals surface area contributed by atoms with Crippen LogP contribution in [0.3, 0.4) is 0 Å². The zero-order valence-corrected chi connectivity index (χ0v) is 16.3. The van der Waals surface area contributed by atoms with E-state index in [0.717, 1.165) is 44.0 Å². The Balaban J connectivity index is 1.22. The SMILES string of the molecule is O=C(NC1COC2(CCCCC2)C1)N1CCN(Cc2ccc(F)c(F)c2)CC1. The molecule has 1 aliphatic carbocycles. The van der Waals surface area contributed by atoms with Crippen LogP contribution in [-0.2, 0) is 11.3 Å². The van der Waals surface area contributed by atoms with Crippen molar-refractivity contribution in [1.29, 1.82) is 0 Å². The number of ether oxygens (including phenoxy) is 1. The summed E-state index contributed by atoms with van der Waals surface area (Å²) in [5.74, 6) is -1.64. The van der Waals surface area contributed by atoms with Gasteiger partial charge in [-0.05, 0) is 37.0 Å². The summed E-state index contributed by atoms with van der Waals surface area (Å²) in [6.45, 7) is 3.88. The second kappa shape index (κ2) is 8.33. The first-order valence-corrected chi connectivity index (χ1v) is 10.4. The summed E-state index contributed by atoms with van der Waals surface area (Å²) in [5.41, 5.74) is 0.747. The molecule has 0 radical (unpaired) electrons. The zero-order chi connectivity index (χ0) is 19.6. The fourth-order valence-electron chi connectivity index (χ4n) is 4.75. The van der Waals surface area contributed by atoms with Crippen LogP contribution in [0.15, 0.2) is 18.2 Å². The third-order valence-electron chi connectivity index (χ3n) is 6.35. The number of piperazine rings is 1. The fourth-order valence-corrected chi connectivity index (χ4v) is 4.75. The molecule has 7 heteroatoms. The molecule has 2 heterocycles. The van der Waals surface area contributed by atoms with E-state index in [1.807, 2.05) is 4.90 Å². The van der Waals surface area contributed by atoms with E-state index in [1.54, 1.807) is 6.07 Å². The van der Waals surface area contributed by atoms with Crippen LogP contribution < -0.4 is 5.32 Å². The number of rotatable bonds is 3. The highest BCUT2D eigenvalue weighted by molar-refractivity contribution is 5.74. The lowest BCUT2D eigenvalue weighted by Gasteiger charge is -2.35. The van der Waals surface area contributed by atoms with E-state index in [1.165, 1.54) is 25.3 Å². The van der Waals surface area contributed by atoms with Gasteiger partial charge in [0.2, 0.25) is 0 Å². The second-order valence-corrected chi connectivity index (χ2v) is 8.42. The molecule has 3 fully saturated rings. The first-order chi connectivity index (χ1) is 13.5. The Labute approximate surface area is 165 Å². The number of benzene rings is 1. The third-order valence-corrected chi connectivity index (χ3v) is 6.35. The van der Waals surface area contributed by atoms with Crippen molar-refractivity contribution in [3.05, 3.63) is 35.4 Å². The molecule has 5 nitrogen and oxygen atoms in total. The van der Waals surface area contributed by atoms with Gasteiger partial charge in [-0.3, -0.25) is 4.90 Å². The number of nitrogens with one attached hydrogen (secondary N) is 1. The Morgan fingerprint density at radius 1 is 1.11 bits per heavy atom. The van der Waals surface area contributed by atoms with Crippen LogP contribution in [0.4, 0.5) is 13.6 Å². The molecule has 3 aliphatic rings. The molecule has 154 valence electrons. The molecule has 1 aromatic carbocycles. The van der Waals surface area contributed by atoms with Gasteiger partial charge >= 0.3 is 6.03 Å². The van der Waals surface area contributed by atoms with Gasteiger partial charge in [-0.25, -0.2) is 13.6 Å². The zero-order valence-electron chi connectivity index (χ0n) is 16.3. The number of hydrogen-bond donors (Lipinski definition) is 1. The van der Waals surface area contributed by atoms with Crippen molar-refractivity contribution in [1.82, 2.24) is 15.1 Å². The summed E-state index contributed by atoms with van der Waals surface area (Å²) in [4.78, 5) is 16.6. The van der Waals surface area contributed by atoms with Gasteiger partial charge in [0.25, 0.3) is 0 Å². The van der Waals surface area contributed by atoms with Crippen LogP contribution in [0.5, 0.6) is 0 Å². The molecule has 1 N–H and O–H groups in total. The highest BCUT2D eigenvalue weighted by Crippen LogP contribution is 2.39. The maximum Gasteiger partial charge on any atom is 0.317 e. The van der Waals surface area contributed by atoms with Crippen molar-refractivity contribution in [2.24, 2.45) is 0 Å². The van der Waals surface area contributed by atoms with E-state index in [0.29, 0.717) is 26.2 Å². The summed E-state index contributed by atoms with van der Waals surface area (Å²) in [5, 5.41) is 3.15. The quantitative estimate of drug-likeness (QED) is 0.857. The van der Waals surface area contributed by atoms with Gasteiger partial charge in [0.1, 0.15) is 0 Å². The third kappa shape index (κ3) is 4.46. The standard InChI is InChI=1S/C21H29F2N3O2/c22-18-5-4-16(12-19(18)23)14-25-8-10-26(11-9-25)20(27)24-17-13-21(28-15-17)6-2-1-3-7-21/h4-5,12,17H,1-3,6-11,13-15H2,(H,24,27). The number of carbonyl (C=O) groups is 1. The van der Waals surface area contributed by atoms with Gasteiger partial charge in [-0.15, -0.1) is 0 Å². The molecule has 2 saturated heterocycles. The predicted molar refractivity (Wildman–Crippen MR) is 102 cm³/mol. The average molecular weight is 393 g/mol. The summed E-state index contributed by atoms with van der Waals surface area (Å²) >= 11 is 0. The van der Waals surface area contributed by atoms with Crippen LogP contribution in [0.2, 0.25) is 0 Å². The molecule has 1 aromatic rings. The largest absolute Gasteiger partial charge is 0.373 e. The monoisotopic (exact) mass is 393 g/mol. The normalized spacial score (nSPS) is 25.2. The Kier molecular flexibility index (Phi) is 5.83. The van der Waals surface area contributed by atoms with Crippen LogP contribution in [0.25, 0.3) is 0 Å². The number of nitrogens with zero attached hydrogens (tertiary/aromatic N) is 2. The minimum atomic E-state index is -0.823. The highest BCUT2D eigenvalue weighted by atomic mass is 19.2. The summed E-state index contributed by atoms with van der Waals surface area (Å²) in [6, 6.07) is 4.10. The van der Waals surface area contributed by atoms with Crippen molar-refractivity contribution in [2.45, 2.75) is 56.7 Å². The van der Waals surface area contributed by atoms with Crippen LogP contribution in [0, 0.1) is 11.6 Å². The first-order valence-electron chi connectivity index (χ1n) is 10.4. The Bertz CT molecular complexity index is 701. The van der Waals surface area contributed by atoms with Crippen LogP contribution in [0.1, 0.15) is 44.1 Å². The van der Waals surface area contributed by atoms with E-state index in [2.05, 4.69) is 10.2 Å². The maximum atomic E-state index is 13.4. The molecular weight excluding hydrogens is 364 g/mol. The lowest BCUT2D eigenvalue weighted by molar-refractivity contribution is -0.0246. The molecule has 28 heavy (non-hydrogen) atoms. The van der Waals surface area contributed by atoms with Crippen LogP contribution in [-0.4, -0.2) is 60.3 Å². The van der Waals surface area contributed by atoms with E-state index in [4.69, 9.17) is 4.74 Å². The Hall–Kier alpha value is -1.73. The van der Waals surface area contributed by atoms with Gasteiger partial charge in [-0.2, -0.15) is 0 Å². The molecule has 0 aromatic heterocycles. The maximum absolute atomic E-state index is 13.4. The summed E-state index contributed by atoms with van der Waals surface area (Å²) < 4.78 is 32.5. The number of amides is 2. The molecule has 1 unspecified atom stereocenters. The van der Waals surface area contributed by atoms with Crippen molar-refractivity contribution in [3.8, 4) is 0 Å². The van der Waals surface area contributed by atoms with Crippen molar-refractivity contribution >= 4 is 6.03 Å². The average Bonchev–Trinajstić information content (AvgIpc) is 3.07. The molecular formula is C21H29F2N3O2. The topological polar surface area (TPSA) is 44.8 Å². The lowest BCUT2D eigenvalue weighted by Crippen LogP contribution is -2.53. The van der Waals surface area contributed by atoms with Gasteiger partial charge < -0.3 is 15.0 Å². The predicted octanol–water partition coefficient (Wildman–Crippen LogP) is 3.28. The van der Waals surface area contributed by atoms with Gasteiger partial charge in [-0.1, -0.05) is 25.3 Å². The highest BCUT2D eigenvalue weighted by Gasteiger charge is 2.41. The van der Waals surface area contributed by atoms with E-state index in [-0.39, 0.29) is 17.7 Å². The van der Waals surface area contributed by atoms with Crippen molar-refractivity contribution < 1.29 is 18.3 Å².